The number of phenolic OH excluding ortho intramolecular Hbond substituents is 1. The first-order valence-corrected chi connectivity index (χ1v) is 18.5. The summed E-state index contributed by atoms with van der Waals surface area (Å²) in [5.74, 6) is 3.14. The molecule has 0 aliphatic rings. The number of rotatable bonds is 8. The van der Waals surface area contributed by atoms with Gasteiger partial charge in [-0.2, -0.15) is 0 Å². The smallest absolute Gasteiger partial charge is 0.131 e. The van der Waals surface area contributed by atoms with Crippen molar-refractivity contribution in [3.63, 3.8) is 0 Å². The molecule has 0 amide bonds. The molecule has 0 bridgehead atoms. The lowest BCUT2D eigenvalue weighted by Gasteiger charge is -2.31. The van der Waals surface area contributed by atoms with Gasteiger partial charge in [-0.05, 0) is 51.4 Å². The van der Waals surface area contributed by atoms with Gasteiger partial charge in [-0.3, -0.25) is 0 Å². The van der Waals surface area contributed by atoms with Crippen molar-refractivity contribution in [1.82, 2.24) is 0 Å². The van der Waals surface area contributed by atoms with Gasteiger partial charge in [0.1, 0.15) is 28.7 Å². The number of benzene rings is 3. The summed E-state index contributed by atoms with van der Waals surface area (Å²) < 4.78 is 24.4. The van der Waals surface area contributed by atoms with E-state index >= 15 is 0 Å². The van der Waals surface area contributed by atoms with E-state index in [1.165, 1.54) is 0 Å². The van der Waals surface area contributed by atoms with Crippen LogP contribution in [0.3, 0.4) is 0 Å². The lowest BCUT2D eigenvalue weighted by Crippen LogP contribution is -2.40. The van der Waals surface area contributed by atoms with Crippen LogP contribution in [-0.4, -0.2) is 41.6 Å². The number of ether oxygens (including phenoxy) is 4. The molecule has 7 heteroatoms. The molecule has 0 saturated heterocycles. The molecule has 0 atom stereocenters. The summed E-state index contributed by atoms with van der Waals surface area (Å²) in [5, 5.41) is 15.5. The molecule has 1 N–H and O–H groups in total. The highest BCUT2D eigenvalue weighted by molar-refractivity contribution is 7.80. The van der Waals surface area contributed by atoms with Crippen molar-refractivity contribution in [1.29, 1.82) is 0 Å². The molecule has 0 saturated carbocycles. The van der Waals surface area contributed by atoms with Crippen LogP contribution in [0.4, 0.5) is 0 Å². The quantitative estimate of drug-likeness (QED) is 0.249. The van der Waals surface area contributed by atoms with Crippen molar-refractivity contribution in [3.05, 3.63) is 53.6 Å². The van der Waals surface area contributed by atoms with Crippen LogP contribution >= 0.6 is 7.92 Å². The Morgan fingerprint density at radius 2 is 0.975 bits per heavy atom. The molecule has 0 aliphatic heterocycles. The molecule has 0 spiro atoms. The molecule has 218 valence electrons. The fourth-order valence-corrected chi connectivity index (χ4v) is 9.09. The fraction of sp³-hybridized carbons (Fsp3) is 0.455. The average Bonchev–Trinajstić information content (AvgIpc) is 2.87. The van der Waals surface area contributed by atoms with E-state index in [9.17, 15) is 5.11 Å². The molecule has 0 radical (unpaired) electrons. The number of hydrogen-bond donors (Lipinski definition) is 1. The Hall–Kier alpha value is -2.69. The highest BCUT2D eigenvalue weighted by atomic mass is 31.1. The lowest BCUT2D eigenvalue weighted by molar-refractivity contribution is 0.396. The Labute approximate surface area is 243 Å². The maximum absolute atomic E-state index is 11.9. The third-order valence-electron chi connectivity index (χ3n) is 7.20. The summed E-state index contributed by atoms with van der Waals surface area (Å²) in [4.78, 5) is 0. The Morgan fingerprint density at radius 1 is 0.625 bits per heavy atom. The monoisotopic (exact) mass is 582 g/mol. The van der Waals surface area contributed by atoms with E-state index in [0.29, 0.717) is 28.7 Å². The minimum Gasteiger partial charge on any atom is -0.507 e. The second-order valence-electron chi connectivity index (χ2n) is 13.2. The Balaban J connectivity index is 2.58. The normalized spacial score (nSPS) is 12.4. The van der Waals surface area contributed by atoms with E-state index in [1.54, 1.807) is 28.4 Å². The van der Waals surface area contributed by atoms with E-state index in [1.807, 2.05) is 18.2 Å². The van der Waals surface area contributed by atoms with Crippen molar-refractivity contribution >= 4 is 37.1 Å². The van der Waals surface area contributed by atoms with E-state index in [-0.39, 0.29) is 10.8 Å². The summed E-state index contributed by atoms with van der Waals surface area (Å²) in [6.45, 7) is 19.8. The van der Waals surface area contributed by atoms with Crippen LogP contribution < -0.4 is 40.0 Å². The van der Waals surface area contributed by atoms with Gasteiger partial charge in [0.2, 0.25) is 0 Å². The summed E-state index contributed by atoms with van der Waals surface area (Å²) in [5.41, 5.74) is 1.96. The molecule has 5 nitrogen and oxygen atoms in total. The van der Waals surface area contributed by atoms with Crippen molar-refractivity contribution in [3.8, 4) is 28.7 Å². The first-order valence-electron chi connectivity index (χ1n) is 13.6. The third-order valence-corrected chi connectivity index (χ3v) is 11.8. The van der Waals surface area contributed by atoms with E-state index in [0.717, 1.165) is 32.2 Å². The Morgan fingerprint density at radius 3 is 1.25 bits per heavy atom. The maximum atomic E-state index is 11.9. The molecule has 0 fully saturated rings. The van der Waals surface area contributed by atoms with Gasteiger partial charge in [0.25, 0.3) is 0 Å². The van der Waals surface area contributed by atoms with Crippen molar-refractivity contribution in [2.45, 2.75) is 72.0 Å². The molecule has 3 rings (SSSR count). The summed E-state index contributed by atoms with van der Waals surface area (Å²) in [7, 11) is 3.42. The molecule has 0 heterocycles. The van der Waals surface area contributed by atoms with Crippen LogP contribution in [-0.2, 0) is 10.8 Å². The van der Waals surface area contributed by atoms with Gasteiger partial charge >= 0.3 is 0 Å². The zero-order valence-corrected chi connectivity index (χ0v) is 28.5. The number of methoxy groups -OCH3 is 4. The average molecular weight is 583 g/mol. The largest absolute Gasteiger partial charge is 0.507 e. The third kappa shape index (κ3) is 6.29. The molecule has 0 aromatic heterocycles. The maximum Gasteiger partial charge on any atom is 0.131 e. The predicted octanol–water partition coefficient (Wildman–Crippen LogP) is 6.33. The molecule has 0 unspecified atom stereocenters. The SMILES string of the molecule is COc1cc(C(C)(C)C)cc(OC)c1P(c1cccc([Si](C)(C)C)c1O)c1c(OC)cc(C(C)(C)C)cc1OC. The van der Waals surface area contributed by atoms with Crippen molar-refractivity contribution in [2.24, 2.45) is 0 Å². The second kappa shape index (κ2) is 11.7. The Bertz CT molecular complexity index is 1240. The van der Waals surface area contributed by atoms with Crippen LogP contribution in [0, 0.1) is 0 Å². The number of hydrogen-bond acceptors (Lipinski definition) is 5. The van der Waals surface area contributed by atoms with E-state index in [4.69, 9.17) is 18.9 Å². The first kappa shape index (κ1) is 31.8. The molecular formula is C33H47O5PSi. The van der Waals surface area contributed by atoms with Crippen LogP contribution in [0.25, 0.3) is 0 Å². The van der Waals surface area contributed by atoms with Crippen LogP contribution in [0.5, 0.6) is 28.7 Å². The molecule has 0 aliphatic carbocycles. The summed E-state index contributed by atoms with van der Waals surface area (Å²) >= 11 is 0. The standard InChI is InChI=1S/C33H47O5PSi/c1-32(2,3)21-17-23(35-7)30(24(18-21)36-8)39(27-15-14-16-28(29(27)34)40(11,12)13)31-25(37-9)19-22(33(4,5)6)20-26(31)38-10/h14-20,34H,1-13H3. The number of aromatic hydroxyl groups is 1. The van der Waals surface area contributed by atoms with Crippen molar-refractivity contribution in [2.75, 3.05) is 28.4 Å². The van der Waals surface area contributed by atoms with Crippen molar-refractivity contribution < 1.29 is 24.1 Å². The van der Waals surface area contributed by atoms with Gasteiger partial charge < -0.3 is 24.1 Å². The predicted molar refractivity (Wildman–Crippen MR) is 173 cm³/mol. The highest BCUT2D eigenvalue weighted by Crippen LogP contribution is 2.49. The second-order valence-corrected chi connectivity index (χ2v) is 20.3. The highest BCUT2D eigenvalue weighted by Gasteiger charge is 2.36. The minimum atomic E-state index is -1.88. The molecule has 3 aromatic rings. The van der Waals surface area contributed by atoms with Gasteiger partial charge in [0, 0.05) is 13.2 Å². The van der Waals surface area contributed by atoms with Gasteiger partial charge in [0.15, 0.2) is 0 Å². The summed E-state index contributed by atoms with van der Waals surface area (Å²) in [6.07, 6.45) is 0. The van der Waals surface area contributed by atoms with Crippen LogP contribution in [0.1, 0.15) is 52.7 Å². The number of para-hydroxylation sites is 1. The van der Waals surface area contributed by atoms with E-state index < -0.39 is 16.0 Å². The number of phenols is 1. The van der Waals surface area contributed by atoms with Gasteiger partial charge in [-0.1, -0.05) is 79.4 Å². The van der Waals surface area contributed by atoms with Crippen LogP contribution in [0.15, 0.2) is 42.5 Å². The Kier molecular flexibility index (Phi) is 9.28. The summed E-state index contributed by atoms with van der Waals surface area (Å²) in [6, 6.07) is 14.5. The van der Waals surface area contributed by atoms with E-state index in [2.05, 4.69) is 85.4 Å². The zero-order valence-electron chi connectivity index (χ0n) is 26.6. The lowest BCUT2D eigenvalue weighted by atomic mass is 9.87. The van der Waals surface area contributed by atoms with Gasteiger partial charge in [-0.15, -0.1) is 0 Å². The van der Waals surface area contributed by atoms with Crippen LogP contribution in [0.2, 0.25) is 19.6 Å². The van der Waals surface area contributed by atoms with Gasteiger partial charge in [0.05, 0.1) is 47.1 Å². The molecular weight excluding hydrogens is 535 g/mol. The first-order chi connectivity index (χ1) is 18.5. The fourth-order valence-electron chi connectivity index (χ4n) is 4.76. The zero-order chi connectivity index (χ0) is 30.2. The molecule has 40 heavy (non-hydrogen) atoms. The van der Waals surface area contributed by atoms with Gasteiger partial charge in [-0.25, -0.2) is 0 Å². The molecule has 3 aromatic carbocycles. The topological polar surface area (TPSA) is 57.2 Å². The minimum absolute atomic E-state index is 0.120.